The molecule has 0 spiro atoms. The molecule has 2 unspecified atom stereocenters. The van der Waals surface area contributed by atoms with Gasteiger partial charge >= 0.3 is 0 Å². The van der Waals surface area contributed by atoms with Crippen molar-refractivity contribution in [1.29, 1.82) is 5.26 Å². The molecule has 2 heterocycles. The minimum absolute atomic E-state index is 0.0266. The molecule has 2 amide bonds. The highest BCUT2D eigenvalue weighted by molar-refractivity contribution is 7.17. The highest BCUT2D eigenvalue weighted by atomic mass is 32.1. The van der Waals surface area contributed by atoms with Gasteiger partial charge in [-0.2, -0.15) is 5.26 Å². The lowest BCUT2D eigenvalue weighted by atomic mass is 9.94. The Morgan fingerprint density at radius 2 is 1.55 bits per heavy atom. The Bertz CT molecular complexity index is 1290. The Balaban J connectivity index is 2.17. The third kappa shape index (κ3) is 7.98. The summed E-state index contributed by atoms with van der Waals surface area (Å²) >= 11 is 1.61. The monoisotopic (exact) mass is 588 g/mol. The Morgan fingerprint density at radius 1 is 0.952 bits per heavy atom. The first-order valence-electron chi connectivity index (χ1n) is 15.8. The van der Waals surface area contributed by atoms with Crippen molar-refractivity contribution >= 4 is 34.4 Å². The number of hydrogen-bond donors (Lipinski definition) is 0. The number of carbonyl (C=O) groups excluding carboxylic acids is 2. The second-order valence-corrected chi connectivity index (χ2v) is 12.3. The van der Waals surface area contributed by atoms with Crippen molar-refractivity contribution in [2.75, 3.05) is 24.5 Å². The summed E-state index contributed by atoms with van der Waals surface area (Å²) in [7, 11) is 0. The van der Waals surface area contributed by atoms with Crippen LogP contribution in [0.15, 0.2) is 47.1 Å². The fourth-order valence-corrected chi connectivity index (χ4v) is 6.64. The first kappa shape index (κ1) is 33.3. The quantitative estimate of drug-likeness (QED) is 0.145. The molecule has 7 heteroatoms. The fourth-order valence-electron chi connectivity index (χ4n) is 5.59. The molecule has 1 aromatic carbocycles. The van der Waals surface area contributed by atoms with E-state index in [2.05, 4.69) is 32.6 Å². The minimum atomic E-state index is -0.519. The van der Waals surface area contributed by atoms with Gasteiger partial charge in [-0.15, -0.1) is 0 Å². The van der Waals surface area contributed by atoms with Crippen LogP contribution in [-0.4, -0.2) is 41.3 Å². The molecule has 2 aromatic rings. The molecule has 1 aromatic heterocycles. The van der Waals surface area contributed by atoms with Gasteiger partial charge in [-0.3, -0.25) is 14.5 Å². The number of benzene rings is 1. The zero-order valence-electron chi connectivity index (χ0n) is 26.4. The number of anilines is 1. The number of amides is 2. The highest BCUT2D eigenvalue weighted by Crippen LogP contribution is 2.38. The molecule has 2 atom stereocenters. The van der Waals surface area contributed by atoms with Crippen LogP contribution >= 0.6 is 11.3 Å². The van der Waals surface area contributed by atoms with Crippen LogP contribution in [0.3, 0.4) is 0 Å². The number of unbranched alkanes of at least 4 members (excludes halogenated alkanes) is 2. The second kappa shape index (κ2) is 16.4. The Hall–Kier alpha value is -3.24. The standard InChI is InChI=1S/C35H48N4O2S/c1-7-12-17-26(9-3)23-38(24-27(10-4)18-13-8-2)35-37-32(28-19-15-14-16-20-28)31(42-35)21-29-25(6)30(22-36)34(41)39(11-5)33(29)40/h14-16,19-21,26-27H,7-13,17-18,23-24H2,1-6H3/b29-21-. The number of aromatic nitrogens is 1. The van der Waals surface area contributed by atoms with Gasteiger partial charge < -0.3 is 4.90 Å². The number of hydrogen-bond acceptors (Lipinski definition) is 6. The average molecular weight is 589 g/mol. The number of nitrogens with zero attached hydrogens (tertiary/aromatic N) is 4. The van der Waals surface area contributed by atoms with E-state index in [1.54, 1.807) is 25.2 Å². The zero-order chi connectivity index (χ0) is 30.6. The van der Waals surface area contributed by atoms with Crippen molar-refractivity contribution in [2.45, 2.75) is 92.9 Å². The molecule has 0 radical (unpaired) electrons. The van der Waals surface area contributed by atoms with E-state index in [1.807, 2.05) is 42.5 Å². The lowest BCUT2D eigenvalue weighted by Crippen LogP contribution is -2.42. The fraction of sp³-hybridized carbons (Fsp3) is 0.543. The number of carbonyl (C=O) groups is 2. The smallest absolute Gasteiger partial charge is 0.271 e. The number of nitriles is 1. The van der Waals surface area contributed by atoms with Gasteiger partial charge in [0.2, 0.25) is 0 Å². The molecule has 0 saturated heterocycles. The van der Waals surface area contributed by atoms with E-state index in [1.165, 1.54) is 38.5 Å². The van der Waals surface area contributed by atoms with Crippen LogP contribution in [0.4, 0.5) is 5.13 Å². The van der Waals surface area contributed by atoms with Gasteiger partial charge in [-0.05, 0) is 50.2 Å². The molecular weight excluding hydrogens is 540 g/mol. The number of thiazole rings is 1. The molecule has 0 N–H and O–H groups in total. The van der Waals surface area contributed by atoms with Crippen LogP contribution in [0.25, 0.3) is 17.3 Å². The Morgan fingerprint density at radius 3 is 2.05 bits per heavy atom. The topological polar surface area (TPSA) is 77.3 Å². The average Bonchev–Trinajstić information content (AvgIpc) is 3.43. The van der Waals surface area contributed by atoms with E-state index in [-0.39, 0.29) is 18.0 Å². The molecule has 3 rings (SSSR count). The van der Waals surface area contributed by atoms with Crippen molar-refractivity contribution < 1.29 is 9.59 Å². The minimum Gasteiger partial charge on any atom is -0.348 e. The molecular formula is C35H48N4O2S. The van der Waals surface area contributed by atoms with E-state index >= 15 is 0 Å². The maximum absolute atomic E-state index is 13.5. The second-order valence-electron chi connectivity index (χ2n) is 11.3. The van der Waals surface area contributed by atoms with Gasteiger partial charge in [-0.1, -0.05) is 108 Å². The van der Waals surface area contributed by atoms with E-state index in [9.17, 15) is 14.9 Å². The molecule has 0 bridgehead atoms. The number of rotatable bonds is 16. The first-order chi connectivity index (χ1) is 20.3. The predicted octanol–water partition coefficient (Wildman–Crippen LogP) is 8.66. The summed E-state index contributed by atoms with van der Waals surface area (Å²) in [5, 5.41) is 10.7. The first-order valence-corrected chi connectivity index (χ1v) is 16.6. The van der Waals surface area contributed by atoms with Crippen LogP contribution in [-0.2, 0) is 9.59 Å². The van der Waals surface area contributed by atoms with Crippen LogP contribution in [0.5, 0.6) is 0 Å². The van der Waals surface area contributed by atoms with Crippen molar-refractivity contribution in [2.24, 2.45) is 11.8 Å². The maximum atomic E-state index is 13.5. The largest absolute Gasteiger partial charge is 0.348 e. The van der Waals surface area contributed by atoms with Gasteiger partial charge in [0.25, 0.3) is 11.8 Å². The number of likely N-dealkylation sites (N-methyl/N-ethyl adjacent to an activating group) is 1. The van der Waals surface area contributed by atoms with Crippen LogP contribution in [0.1, 0.15) is 97.8 Å². The van der Waals surface area contributed by atoms with E-state index in [0.717, 1.165) is 52.1 Å². The molecule has 226 valence electrons. The summed E-state index contributed by atoms with van der Waals surface area (Å²) in [6.07, 6.45) is 11.4. The van der Waals surface area contributed by atoms with Crippen molar-refractivity contribution in [3.8, 4) is 17.3 Å². The lowest BCUT2D eigenvalue weighted by Gasteiger charge is -2.30. The van der Waals surface area contributed by atoms with Gasteiger partial charge in [0.1, 0.15) is 11.6 Å². The van der Waals surface area contributed by atoms with Gasteiger partial charge in [0.15, 0.2) is 5.13 Å². The van der Waals surface area contributed by atoms with Crippen molar-refractivity contribution in [3.05, 3.63) is 51.9 Å². The van der Waals surface area contributed by atoms with Crippen LogP contribution in [0.2, 0.25) is 0 Å². The zero-order valence-corrected chi connectivity index (χ0v) is 27.2. The van der Waals surface area contributed by atoms with Gasteiger partial charge in [0.05, 0.1) is 10.6 Å². The molecule has 42 heavy (non-hydrogen) atoms. The van der Waals surface area contributed by atoms with Gasteiger partial charge in [-0.25, -0.2) is 4.98 Å². The normalized spacial score (nSPS) is 16.2. The van der Waals surface area contributed by atoms with Gasteiger partial charge in [0, 0.05) is 30.8 Å². The Kier molecular flexibility index (Phi) is 13.0. The molecule has 6 nitrogen and oxygen atoms in total. The van der Waals surface area contributed by atoms with Crippen molar-refractivity contribution in [1.82, 2.24) is 9.88 Å². The number of imide groups is 1. The van der Waals surface area contributed by atoms with E-state index < -0.39 is 5.91 Å². The summed E-state index contributed by atoms with van der Waals surface area (Å²) in [6.45, 7) is 14.7. The molecule has 0 saturated carbocycles. The SMILES string of the molecule is CCCCC(CC)CN(CC(CC)CCCC)c1nc(-c2ccccc2)c(/C=C2\C(=O)N(CC)C(=O)C(C#N)=C2C)s1. The highest BCUT2D eigenvalue weighted by Gasteiger charge is 2.35. The predicted molar refractivity (Wildman–Crippen MR) is 175 cm³/mol. The summed E-state index contributed by atoms with van der Waals surface area (Å²) in [4.78, 5) is 36.0. The third-order valence-corrected chi connectivity index (χ3v) is 9.48. The van der Waals surface area contributed by atoms with Crippen molar-refractivity contribution in [3.63, 3.8) is 0 Å². The van der Waals surface area contributed by atoms with E-state index in [0.29, 0.717) is 23.0 Å². The maximum Gasteiger partial charge on any atom is 0.271 e. The summed E-state index contributed by atoms with van der Waals surface area (Å²) in [5.41, 5.74) is 2.65. The summed E-state index contributed by atoms with van der Waals surface area (Å²) in [5.74, 6) is 0.300. The van der Waals surface area contributed by atoms with Crippen LogP contribution in [0, 0.1) is 23.2 Å². The van der Waals surface area contributed by atoms with Crippen LogP contribution < -0.4 is 4.90 Å². The molecule has 0 aliphatic carbocycles. The Labute approximate surface area is 257 Å². The molecule has 1 aliphatic heterocycles. The third-order valence-electron chi connectivity index (χ3n) is 8.42. The lowest BCUT2D eigenvalue weighted by molar-refractivity contribution is -0.140. The molecule has 0 fully saturated rings. The summed E-state index contributed by atoms with van der Waals surface area (Å²) in [6, 6.07) is 12.1. The molecule has 1 aliphatic rings. The van der Waals surface area contributed by atoms with E-state index in [4.69, 9.17) is 4.98 Å². The summed E-state index contributed by atoms with van der Waals surface area (Å²) < 4.78 is 0.